The first kappa shape index (κ1) is 12.2. The van der Waals surface area contributed by atoms with Gasteiger partial charge in [0.15, 0.2) is 0 Å². The molecule has 0 amide bonds. The summed E-state index contributed by atoms with van der Waals surface area (Å²) in [6, 6.07) is 12.6. The monoisotopic (exact) mass is 259 g/mol. The molecule has 5 heteroatoms. The second-order valence-electron chi connectivity index (χ2n) is 3.53. The average molecular weight is 260 g/mol. The molecule has 0 saturated heterocycles. The summed E-state index contributed by atoms with van der Waals surface area (Å²) < 4.78 is 5.12. The Hall–Kier alpha value is -2.25. The summed E-state index contributed by atoms with van der Waals surface area (Å²) in [6.07, 6.45) is 0. The lowest BCUT2D eigenvalue weighted by Crippen LogP contribution is -1.95. The van der Waals surface area contributed by atoms with Crippen LogP contribution in [0.3, 0.4) is 0 Å². The zero-order chi connectivity index (χ0) is 13.0. The first-order valence-electron chi connectivity index (χ1n) is 5.20. The molecule has 18 heavy (non-hydrogen) atoms. The van der Waals surface area contributed by atoms with Crippen LogP contribution in [0.25, 0.3) is 0 Å². The van der Waals surface area contributed by atoms with Crippen LogP contribution in [0.4, 0.5) is 11.5 Å². The predicted molar refractivity (Wildman–Crippen MR) is 70.2 cm³/mol. The zero-order valence-corrected chi connectivity index (χ0v) is 10.4. The van der Waals surface area contributed by atoms with Gasteiger partial charge in [-0.1, -0.05) is 17.7 Å². The van der Waals surface area contributed by atoms with Crippen molar-refractivity contribution in [1.29, 1.82) is 5.26 Å². The van der Waals surface area contributed by atoms with E-state index in [-0.39, 0.29) is 5.15 Å². The quantitative estimate of drug-likeness (QED) is 0.859. The highest BCUT2D eigenvalue weighted by Crippen LogP contribution is 2.22. The number of aromatic nitrogens is 1. The summed E-state index contributed by atoms with van der Waals surface area (Å²) in [5.74, 6) is 1.26. The van der Waals surface area contributed by atoms with Gasteiger partial charge in [0, 0.05) is 11.8 Å². The number of nitrogens with zero attached hydrogens (tertiary/aromatic N) is 2. The topological polar surface area (TPSA) is 57.9 Å². The van der Waals surface area contributed by atoms with Crippen molar-refractivity contribution in [3.63, 3.8) is 0 Å². The van der Waals surface area contributed by atoms with Crippen LogP contribution in [-0.2, 0) is 0 Å². The lowest BCUT2D eigenvalue weighted by atomic mass is 10.2. The molecule has 0 aliphatic rings. The van der Waals surface area contributed by atoms with E-state index in [9.17, 15) is 0 Å². The van der Waals surface area contributed by atoms with Crippen LogP contribution in [0.15, 0.2) is 36.4 Å². The molecule has 0 fully saturated rings. The van der Waals surface area contributed by atoms with E-state index >= 15 is 0 Å². The van der Waals surface area contributed by atoms with Crippen LogP contribution in [0.2, 0.25) is 5.15 Å². The minimum absolute atomic E-state index is 0.277. The average Bonchev–Trinajstić information content (AvgIpc) is 2.38. The van der Waals surface area contributed by atoms with E-state index in [0.717, 1.165) is 11.4 Å². The fourth-order valence-electron chi connectivity index (χ4n) is 1.47. The predicted octanol–water partition coefficient (Wildman–Crippen LogP) is 3.36. The van der Waals surface area contributed by atoms with Gasteiger partial charge in [-0.15, -0.1) is 0 Å². The van der Waals surface area contributed by atoms with Gasteiger partial charge in [-0.2, -0.15) is 5.26 Å². The van der Waals surface area contributed by atoms with Gasteiger partial charge >= 0.3 is 0 Å². The van der Waals surface area contributed by atoms with Crippen molar-refractivity contribution in [3.8, 4) is 11.8 Å². The van der Waals surface area contributed by atoms with Gasteiger partial charge in [-0.25, -0.2) is 4.98 Å². The number of methoxy groups -OCH3 is 1. The lowest BCUT2D eigenvalue weighted by Gasteiger charge is -2.07. The number of hydrogen-bond acceptors (Lipinski definition) is 4. The zero-order valence-electron chi connectivity index (χ0n) is 9.64. The molecule has 0 atom stereocenters. The molecular formula is C13H10ClN3O. The number of nitrogens with one attached hydrogen (secondary N) is 1. The Balaban J connectivity index is 2.28. The van der Waals surface area contributed by atoms with Gasteiger partial charge in [0.1, 0.15) is 16.7 Å². The maximum absolute atomic E-state index is 8.85. The van der Waals surface area contributed by atoms with Crippen molar-refractivity contribution < 1.29 is 4.74 Å². The molecule has 0 unspecified atom stereocenters. The van der Waals surface area contributed by atoms with Crippen LogP contribution in [0, 0.1) is 11.3 Å². The number of anilines is 2. The largest absolute Gasteiger partial charge is 0.497 e. The number of halogens is 1. The summed E-state index contributed by atoms with van der Waals surface area (Å²) in [5.41, 5.74) is 1.27. The highest BCUT2D eigenvalue weighted by molar-refractivity contribution is 6.29. The number of ether oxygens (including phenoxy) is 1. The van der Waals surface area contributed by atoms with Crippen molar-refractivity contribution in [2.45, 2.75) is 0 Å². The van der Waals surface area contributed by atoms with Crippen LogP contribution >= 0.6 is 11.6 Å². The summed E-state index contributed by atoms with van der Waals surface area (Å²) in [6.45, 7) is 0. The minimum atomic E-state index is 0.277. The van der Waals surface area contributed by atoms with Crippen LogP contribution in [-0.4, -0.2) is 12.1 Å². The van der Waals surface area contributed by atoms with Gasteiger partial charge < -0.3 is 10.1 Å². The first-order chi connectivity index (χ1) is 8.71. The van der Waals surface area contributed by atoms with Gasteiger partial charge in [0.05, 0.1) is 18.7 Å². The molecule has 0 saturated carbocycles. The standard InChI is InChI=1S/C13H10ClN3O/c1-18-11-4-2-3-10(7-11)16-13-6-9(8-15)5-12(14)17-13/h2-7H,1H3,(H,16,17). The molecular weight excluding hydrogens is 250 g/mol. The van der Waals surface area contributed by atoms with E-state index in [1.807, 2.05) is 30.3 Å². The Kier molecular flexibility index (Phi) is 3.66. The molecule has 2 aromatic rings. The van der Waals surface area contributed by atoms with Crippen molar-refractivity contribution in [3.05, 3.63) is 47.1 Å². The summed E-state index contributed by atoms with van der Waals surface area (Å²) in [4.78, 5) is 4.09. The molecule has 1 aromatic carbocycles. The summed E-state index contributed by atoms with van der Waals surface area (Å²) in [5, 5.41) is 12.2. The molecule has 0 aliphatic carbocycles. The van der Waals surface area contributed by atoms with Crippen LogP contribution in [0.5, 0.6) is 5.75 Å². The second-order valence-corrected chi connectivity index (χ2v) is 3.92. The summed E-state index contributed by atoms with van der Waals surface area (Å²) >= 11 is 5.83. The Bertz CT molecular complexity index is 607. The van der Waals surface area contributed by atoms with Crippen molar-refractivity contribution in [2.75, 3.05) is 12.4 Å². The second kappa shape index (κ2) is 5.39. The fraction of sp³-hybridized carbons (Fsp3) is 0.0769. The maximum Gasteiger partial charge on any atom is 0.133 e. The number of pyridine rings is 1. The van der Waals surface area contributed by atoms with E-state index in [1.165, 1.54) is 6.07 Å². The Morgan fingerprint density at radius 3 is 2.89 bits per heavy atom. The molecule has 1 N–H and O–H groups in total. The Morgan fingerprint density at radius 2 is 2.17 bits per heavy atom. The van der Waals surface area contributed by atoms with E-state index < -0.39 is 0 Å². The van der Waals surface area contributed by atoms with E-state index in [0.29, 0.717) is 11.4 Å². The van der Waals surface area contributed by atoms with Crippen molar-refractivity contribution >= 4 is 23.1 Å². The maximum atomic E-state index is 8.85. The van der Waals surface area contributed by atoms with Gasteiger partial charge in [-0.3, -0.25) is 0 Å². The summed E-state index contributed by atoms with van der Waals surface area (Å²) in [7, 11) is 1.60. The number of benzene rings is 1. The van der Waals surface area contributed by atoms with Gasteiger partial charge in [0.2, 0.25) is 0 Å². The molecule has 0 aliphatic heterocycles. The van der Waals surface area contributed by atoms with Crippen molar-refractivity contribution in [2.24, 2.45) is 0 Å². The first-order valence-corrected chi connectivity index (χ1v) is 5.58. The van der Waals surface area contributed by atoms with Gasteiger partial charge in [0.25, 0.3) is 0 Å². The van der Waals surface area contributed by atoms with Crippen LogP contribution < -0.4 is 10.1 Å². The Morgan fingerprint density at radius 1 is 1.33 bits per heavy atom. The molecule has 0 radical (unpaired) electrons. The Labute approximate surface area is 110 Å². The number of hydrogen-bond donors (Lipinski definition) is 1. The molecule has 4 nitrogen and oxygen atoms in total. The smallest absolute Gasteiger partial charge is 0.133 e. The highest BCUT2D eigenvalue weighted by Gasteiger charge is 2.02. The van der Waals surface area contributed by atoms with E-state index in [4.69, 9.17) is 21.6 Å². The lowest BCUT2D eigenvalue weighted by molar-refractivity contribution is 0.415. The third-order valence-corrected chi connectivity index (χ3v) is 2.46. The molecule has 0 spiro atoms. The van der Waals surface area contributed by atoms with Gasteiger partial charge in [-0.05, 0) is 24.3 Å². The fourth-order valence-corrected chi connectivity index (χ4v) is 1.68. The SMILES string of the molecule is COc1cccc(Nc2cc(C#N)cc(Cl)n2)c1. The molecule has 0 bridgehead atoms. The molecule has 1 heterocycles. The van der Waals surface area contributed by atoms with E-state index in [2.05, 4.69) is 10.3 Å². The third kappa shape index (κ3) is 2.90. The molecule has 90 valence electrons. The normalized spacial score (nSPS) is 9.61. The molecule has 2 rings (SSSR count). The number of rotatable bonds is 3. The highest BCUT2D eigenvalue weighted by atomic mass is 35.5. The van der Waals surface area contributed by atoms with Crippen molar-refractivity contribution in [1.82, 2.24) is 4.98 Å². The molecule has 1 aromatic heterocycles. The third-order valence-electron chi connectivity index (χ3n) is 2.27. The number of nitriles is 1. The van der Waals surface area contributed by atoms with E-state index in [1.54, 1.807) is 13.2 Å². The van der Waals surface area contributed by atoms with Crippen LogP contribution in [0.1, 0.15) is 5.56 Å². The minimum Gasteiger partial charge on any atom is -0.497 e.